The summed E-state index contributed by atoms with van der Waals surface area (Å²) >= 11 is 1.72. The summed E-state index contributed by atoms with van der Waals surface area (Å²) in [6, 6.07) is 6.30. The maximum atomic E-state index is 3.95. The van der Waals surface area contributed by atoms with Crippen molar-refractivity contribution in [2.24, 2.45) is 4.99 Å². The van der Waals surface area contributed by atoms with Gasteiger partial charge in [-0.05, 0) is 37.1 Å². The average molecular weight is 179 g/mol. The summed E-state index contributed by atoms with van der Waals surface area (Å²) in [5.41, 5.74) is 2.34. The molecule has 0 aromatic heterocycles. The number of thioether (sulfide) groups is 1. The van der Waals surface area contributed by atoms with Crippen LogP contribution in [0.3, 0.4) is 0 Å². The highest BCUT2D eigenvalue weighted by atomic mass is 32.2. The molecule has 0 N–H and O–H groups in total. The molecule has 0 amide bonds. The van der Waals surface area contributed by atoms with Gasteiger partial charge >= 0.3 is 0 Å². The fourth-order valence-electron chi connectivity index (χ4n) is 1.07. The van der Waals surface area contributed by atoms with Gasteiger partial charge in [0, 0.05) is 4.90 Å². The third-order valence-electron chi connectivity index (χ3n) is 1.82. The average Bonchev–Trinajstić information content (AvgIpc) is 2.16. The highest BCUT2D eigenvalue weighted by molar-refractivity contribution is 7.98. The van der Waals surface area contributed by atoms with Crippen LogP contribution in [0.2, 0.25) is 0 Å². The molecule has 0 bridgehead atoms. The molecule has 1 nitrogen and oxygen atoms in total. The van der Waals surface area contributed by atoms with Gasteiger partial charge in [-0.2, -0.15) is 0 Å². The summed E-state index contributed by atoms with van der Waals surface area (Å²) in [6.07, 6.45) is 3.13. The van der Waals surface area contributed by atoms with E-state index in [0.29, 0.717) is 0 Å². The van der Waals surface area contributed by atoms with Crippen LogP contribution < -0.4 is 0 Å². The van der Waals surface area contributed by atoms with E-state index in [1.54, 1.807) is 11.8 Å². The molecule has 1 aromatic carbocycles. The number of rotatable bonds is 3. The van der Waals surface area contributed by atoms with Crippen LogP contribution in [0.5, 0.6) is 0 Å². The van der Waals surface area contributed by atoms with E-state index in [-0.39, 0.29) is 0 Å². The predicted octanol–water partition coefficient (Wildman–Crippen LogP) is 3.30. The first-order chi connectivity index (χ1) is 5.81. The summed E-state index contributed by atoms with van der Waals surface area (Å²) in [4.78, 5) is 5.16. The van der Waals surface area contributed by atoms with Gasteiger partial charge in [-0.1, -0.05) is 13.0 Å². The van der Waals surface area contributed by atoms with Crippen LogP contribution in [0.4, 0.5) is 5.69 Å². The molecule has 1 rings (SSSR count). The second-order valence-electron chi connectivity index (χ2n) is 2.52. The first-order valence-electron chi connectivity index (χ1n) is 3.95. The third kappa shape index (κ3) is 1.89. The normalized spacial score (nSPS) is 9.83. The zero-order valence-corrected chi connectivity index (χ0v) is 8.32. The smallest absolute Gasteiger partial charge is 0.0758 e. The topological polar surface area (TPSA) is 12.4 Å². The van der Waals surface area contributed by atoms with Crippen LogP contribution >= 0.6 is 11.8 Å². The Morgan fingerprint density at radius 1 is 1.50 bits per heavy atom. The number of hydrogen-bond acceptors (Lipinski definition) is 2. The van der Waals surface area contributed by atoms with Crippen molar-refractivity contribution in [3.63, 3.8) is 0 Å². The Hall–Kier alpha value is -0.760. The van der Waals surface area contributed by atoms with Gasteiger partial charge < -0.3 is 0 Å². The van der Waals surface area contributed by atoms with Gasteiger partial charge in [0.15, 0.2) is 0 Å². The third-order valence-corrected chi connectivity index (χ3v) is 2.59. The van der Waals surface area contributed by atoms with E-state index in [9.17, 15) is 0 Å². The van der Waals surface area contributed by atoms with E-state index in [2.05, 4.69) is 37.0 Å². The van der Waals surface area contributed by atoms with Crippen LogP contribution in [0.1, 0.15) is 12.5 Å². The molecule has 64 valence electrons. The molecule has 0 unspecified atom stereocenters. The molecule has 0 fully saturated rings. The standard InChI is InChI=1S/C10H13NS/c1-4-8-5-6-9(11-2)10(7-8)12-3/h5-7H,2,4H2,1,3H3. The van der Waals surface area contributed by atoms with Crippen molar-refractivity contribution in [1.82, 2.24) is 0 Å². The molecule has 1 aromatic rings. The molecule has 0 saturated heterocycles. The largest absolute Gasteiger partial charge is 0.263 e. The molecule has 0 heterocycles. The van der Waals surface area contributed by atoms with Gasteiger partial charge in [0.25, 0.3) is 0 Å². The summed E-state index contributed by atoms with van der Waals surface area (Å²) in [7, 11) is 0. The monoisotopic (exact) mass is 179 g/mol. The van der Waals surface area contributed by atoms with Crippen LogP contribution in [-0.2, 0) is 6.42 Å². The minimum absolute atomic E-state index is 0.986. The molecule has 0 radical (unpaired) electrons. The molecule has 0 aliphatic carbocycles. The van der Waals surface area contributed by atoms with Crippen molar-refractivity contribution >= 4 is 24.2 Å². The lowest BCUT2D eigenvalue weighted by Gasteiger charge is -2.03. The Kier molecular flexibility index (Phi) is 3.35. The van der Waals surface area contributed by atoms with Crippen molar-refractivity contribution in [1.29, 1.82) is 0 Å². The fraction of sp³-hybridized carbons (Fsp3) is 0.300. The number of benzene rings is 1. The zero-order valence-electron chi connectivity index (χ0n) is 7.50. The molecule has 2 heteroatoms. The molecule has 0 saturated carbocycles. The fourth-order valence-corrected chi connectivity index (χ4v) is 1.68. The van der Waals surface area contributed by atoms with Crippen molar-refractivity contribution in [3.05, 3.63) is 23.8 Å². The van der Waals surface area contributed by atoms with Gasteiger partial charge in [-0.15, -0.1) is 11.8 Å². The van der Waals surface area contributed by atoms with E-state index in [0.717, 1.165) is 12.1 Å². The Labute approximate surface area is 77.9 Å². The Bertz CT molecular complexity index is 281. The number of nitrogens with zero attached hydrogens (tertiary/aromatic N) is 1. The van der Waals surface area contributed by atoms with Gasteiger partial charge in [0.1, 0.15) is 0 Å². The Balaban J connectivity index is 3.10. The minimum Gasteiger partial charge on any atom is -0.263 e. The lowest BCUT2D eigenvalue weighted by Crippen LogP contribution is -1.80. The van der Waals surface area contributed by atoms with E-state index < -0.39 is 0 Å². The molecular formula is C10H13NS. The van der Waals surface area contributed by atoms with E-state index >= 15 is 0 Å². The molecule has 12 heavy (non-hydrogen) atoms. The lowest BCUT2D eigenvalue weighted by molar-refractivity contribution is 1.12. The van der Waals surface area contributed by atoms with Gasteiger partial charge in [-0.3, -0.25) is 4.99 Å². The Morgan fingerprint density at radius 2 is 2.25 bits per heavy atom. The van der Waals surface area contributed by atoms with Crippen LogP contribution in [0.15, 0.2) is 28.1 Å². The van der Waals surface area contributed by atoms with Crippen molar-refractivity contribution in [2.45, 2.75) is 18.2 Å². The van der Waals surface area contributed by atoms with Crippen molar-refractivity contribution < 1.29 is 0 Å². The summed E-state index contributed by atoms with van der Waals surface area (Å²) in [5, 5.41) is 0. The highest BCUT2D eigenvalue weighted by Crippen LogP contribution is 2.28. The number of hydrogen-bond donors (Lipinski definition) is 0. The second kappa shape index (κ2) is 4.31. The molecular weight excluding hydrogens is 166 g/mol. The minimum atomic E-state index is 0.986. The Morgan fingerprint density at radius 3 is 2.75 bits per heavy atom. The lowest BCUT2D eigenvalue weighted by atomic mass is 10.1. The molecule has 0 aliphatic rings. The zero-order chi connectivity index (χ0) is 8.97. The van der Waals surface area contributed by atoms with Crippen molar-refractivity contribution in [3.8, 4) is 0 Å². The van der Waals surface area contributed by atoms with E-state index in [4.69, 9.17) is 0 Å². The predicted molar refractivity (Wildman–Crippen MR) is 56.8 cm³/mol. The van der Waals surface area contributed by atoms with Gasteiger partial charge in [-0.25, -0.2) is 0 Å². The van der Waals surface area contributed by atoms with Crippen LogP contribution in [0.25, 0.3) is 0 Å². The maximum absolute atomic E-state index is 3.95. The second-order valence-corrected chi connectivity index (χ2v) is 3.37. The van der Waals surface area contributed by atoms with Crippen LogP contribution in [-0.4, -0.2) is 13.0 Å². The van der Waals surface area contributed by atoms with Crippen LogP contribution in [0, 0.1) is 0 Å². The number of aryl methyl sites for hydroxylation is 1. The van der Waals surface area contributed by atoms with Gasteiger partial charge in [0.05, 0.1) is 5.69 Å². The first-order valence-corrected chi connectivity index (χ1v) is 5.18. The maximum Gasteiger partial charge on any atom is 0.0758 e. The first kappa shape index (κ1) is 9.33. The highest BCUT2D eigenvalue weighted by Gasteiger charge is 1.99. The quantitative estimate of drug-likeness (QED) is 0.512. The molecule has 0 aliphatic heterocycles. The summed E-state index contributed by atoms with van der Waals surface area (Å²) in [5.74, 6) is 0. The molecule has 0 atom stereocenters. The van der Waals surface area contributed by atoms with E-state index in [1.807, 2.05) is 6.07 Å². The summed E-state index contributed by atoms with van der Waals surface area (Å²) < 4.78 is 0. The SMILES string of the molecule is C=Nc1ccc(CC)cc1SC. The van der Waals surface area contributed by atoms with Crippen molar-refractivity contribution in [2.75, 3.05) is 6.26 Å². The van der Waals surface area contributed by atoms with Gasteiger partial charge in [0.2, 0.25) is 0 Å². The number of aliphatic imine (C=N–C) groups is 1. The summed E-state index contributed by atoms with van der Waals surface area (Å²) in [6.45, 7) is 5.68. The van der Waals surface area contributed by atoms with E-state index in [1.165, 1.54) is 10.5 Å². The molecule has 0 spiro atoms.